The Morgan fingerprint density at radius 2 is 2.17 bits per heavy atom. The van der Waals surface area contributed by atoms with Crippen molar-refractivity contribution in [2.75, 3.05) is 26.8 Å². The molecule has 2 heterocycles. The Hall–Kier alpha value is -1.10. The van der Waals surface area contributed by atoms with Crippen molar-refractivity contribution in [3.8, 4) is 0 Å². The van der Waals surface area contributed by atoms with Crippen LogP contribution in [0.15, 0.2) is 0 Å². The lowest BCUT2D eigenvalue weighted by Crippen LogP contribution is -2.34. The number of carbonyl (C=O) groups excluding carboxylic acids is 2. The average molecular weight is 255 g/mol. The number of nitrogens with zero attached hydrogens (tertiary/aromatic N) is 1. The van der Waals surface area contributed by atoms with Crippen molar-refractivity contribution >= 4 is 11.9 Å². The summed E-state index contributed by atoms with van der Waals surface area (Å²) < 4.78 is 10.3. The van der Waals surface area contributed by atoms with Gasteiger partial charge in [0.05, 0.1) is 25.6 Å². The number of rotatable bonds is 3. The summed E-state index contributed by atoms with van der Waals surface area (Å²) in [7, 11) is 1.39. The SMILES string of the molecule is COC(=O)C1CCN(C(=O)CC2CCCCO2)C1. The van der Waals surface area contributed by atoms with Gasteiger partial charge in [0.1, 0.15) is 0 Å². The number of hydrogen-bond acceptors (Lipinski definition) is 4. The summed E-state index contributed by atoms with van der Waals surface area (Å²) in [5.41, 5.74) is 0. The maximum absolute atomic E-state index is 12.1. The number of methoxy groups -OCH3 is 1. The summed E-state index contributed by atoms with van der Waals surface area (Å²) in [6, 6.07) is 0. The van der Waals surface area contributed by atoms with Crippen molar-refractivity contribution in [3.63, 3.8) is 0 Å². The Morgan fingerprint density at radius 3 is 2.83 bits per heavy atom. The van der Waals surface area contributed by atoms with Gasteiger partial charge >= 0.3 is 5.97 Å². The molecule has 0 aromatic rings. The van der Waals surface area contributed by atoms with Crippen LogP contribution in [-0.4, -0.2) is 49.7 Å². The van der Waals surface area contributed by atoms with Crippen LogP contribution in [0.5, 0.6) is 0 Å². The molecule has 0 spiro atoms. The van der Waals surface area contributed by atoms with Gasteiger partial charge in [-0.2, -0.15) is 0 Å². The first-order valence-corrected chi connectivity index (χ1v) is 6.68. The molecule has 0 aliphatic carbocycles. The number of amides is 1. The molecule has 2 saturated heterocycles. The largest absolute Gasteiger partial charge is 0.469 e. The van der Waals surface area contributed by atoms with Crippen molar-refractivity contribution in [3.05, 3.63) is 0 Å². The zero-order chi connectivity index (χ0) is 13.0. The van der Waals surface area contributed by atoms with E-state index in [4.69, 9.17) is 9.47 Å². The highest BCUT2D eigenvalue weighted by atomic mass is 16.5. The standard InChI is InChI=1S/C13H21NO4/c1-17-13(16)10-5-6-14(9-10)12(15)8-11-4-2-3-7-18-11/h10-11H,2-9H2,1H3. The normalized spacial score (nSPS) is 28.2. The summed E-state index contributed by atoms with van der Waals surface area (Å²) in [6.07, 6.45) is 4.45. The third-order valence-electron chi connectivity index (χ3n) is 3.75. The van der Waals surface area contributed by atoms with E-state index in [9.17, 15) is 9.59 Å². The van der Waals surface area contributed by atoms with Crippen molar-refractivity contribution in [1.29, 1.82) is 0 Å². The molecule has 0 aromatic carbocycles. The van der Waals surface area contributed by atoms with Crippen molar-refractivity contribution < 1.29 is 19.1 Å². The van der Waals surface area contributed by atoms with E-state index < -0.39 is 0 Å². The van der Waals surface area contributed by atoms with E-state index in [1.54, 1.807) is 4.90 Å². The minimum atomic E-state index is -0.209. The van der Waals surface area contributed by atoms with Gasteiger partial charge in [0, 0.05) is 19.7 Å². The lowest BCUT2D eigenvalue weighted by atomic mass is 10.1. The van der Waals surface area contributed by atoms with E-state index in [1.807, 2.05) is 0 Å². The molecule has 2 atom stereocenters. The smallest absolute Gasteiger partial charge is 0.310 e. The third kappa shape index (κ3) is 3.22. The van der Waals surface area contributed by atoms with E-state index in [0.29, 0.717) is 25.9 Å². The van der Waals surface area contributed by atoms with Crippen LogP contribution in [0, 0.1) is 5.92 Å². The molecule has 0 aromatic heterocycles. The first kappa shape index (κ1) is 13.3. The van der Waals surface area contributed by atoms with E-state index in [1.165, 1.54) is 7.11 Å². The molecular formula is C13H21NO4. The number of likely N-dealkylation sites (tertiary alicyclic amines) is 1. The molecule has 102 valence electrons. The van der Waals surface area contributed by atoms with Crippen LogP contribution in [0.3, 0.4) is 0 Å². The number of carbonyl (C=O) groups is 2. The van der Waals surface area contributed by atoms with Crippen LogP contribution in [0.1, 0.15) is 32.1 Å². The van der Waals surface area contributed by atoms with Gasteiger partial charge in [-0.1, -0.05) is 0 Å². The van der Waals surface area contributed by atoms with Gasteiger partial charge < -0.3 is 14.4 Å². The zero-order valence-corrected chi connectivity index (χ0v) is 10.9. The predicted molar refractivity (Wildman–Crippen MR) is 64.9 cm³/mol. The highest BCUT2D eigenvalue weighted by Crippen LogP contribution is 2.21. The second-order valence-corrected chi connectivity index (χ2v) is 5.04. The highest BCUT2D eigenvalue weighted by molar-refractivity contribution is 5.79. The molecule has 2 aliphatic rings. The number of esters is 1. The molecule has 2 unspecified atom stereocenters. The quantitative estimate of drug-likeness (QED) is 0.705. The van der Waals surface area contributed by atoms with Crippen molar-refractivity contribution in [2.45, 2.75) is 38.2 Å². The molecule has 2 fully saturated rings. The summed E-state index contributed by atoms with van der Waals surface area (Å²) >= 11 is 0. The summed E-state index contributed by atoms with van der Waals surface area (Å²) in [4.78, 5) is 25.2. The maximum atomic E-state index is 12.1. The van der Waals surface area contributed by atoms with Crippen LogP contribution in [0.25, 0.3) is 0 Å². The third-order valence-corrected chi connectivity index (χ3v) is 3.75. The van der Waals surface area contributed by atoms with E-state index >= 15 is 0 Å². The van der Waals surface area contributed by atoms with E-state index in [-0.39, 0.29) is 23.9 Å². The molecule has 1 amide bonds. The Labute approximate surface area is 107 Å². The fourth-order valence-corrected chi connectivity index (χ4v) is 2.64. The second kappa shape index (κ2) is 6.18. The monoisotopic (exact) mass is 255 g/mol. The van der Waals surface area contributed by atoms with Gasteiger partial charge in [-0.3, -0.25) is 9.59 Å². The fourth-order valence-electron chi connectivity index (χ4n) is 2.64. The van der Waals surface area contributed by atoms with E-state index in [2.05, 4.69) is 0 Å². The Bertz CT molecular complexity index is 312. The summed E-state index contributed by atoms with van der Waals surface area (Å²) in [6.45, 7) is 1.92. The van der Waals surface area contributed by atoms with Crippen LogP contribution in [0.4, 0.5) is 0 Å². The molecule has 5 nitrogen and oxygen atoms in total. The van der Waals surface area contributed by atoms with Gasteiger partial charge in [-0.15, -0.1) is 0 Å². The van der Waals surface area contributed by atoms with Gasteiger partial charge in [-0.25, -0.2) is 0 Å². The topological polar surface area (TPSA) is 55.8 Å². The molecule has 0 bridgehead atoms. The molecular weight excluding hydrogens is 234 g/mol. The van der Waals surface area contributed by atoms with Gasteiger partial charge in [-0.05, 0) is 25.7 Å². The lowest BCUT2D eigenvalue weighted by molar-refractivity contribution is -0.145. The fraction of sp³-hybridized carbons (Fsp3) is 0.846. The van der Waals surface area contributed by atoms with Crippen LogP contribution in [0.2, 0.25) is 0 Å². The maximum Gasteiger partial charge on any atom is 0.310 e. The van der Waals surface area contributed by atoms with Crippen molar-refractivity contribution in [2.24, 2.45) is 5.92 Å². The molecule has 0 radical (unpaired) electrons. The lowest BCUT2D eigenvalue weighted by Gasteiger charge is -2.24. The number of hydrogen-bond donors (Lipinski definition) is 0. The second-order valence-electron chi connectivity index (χ2n) is 5.04. The minimum Gasteiger partial charge on any atom is -0.469 e. The summed E-state index contributed by atoms with van der Waals surface area (Å²) in [5, 5.41) is 0. The molecule has 0 saturated carbocycles. The van der Waals surface area contributed by atoms with Gasteiger partial charge in [0.2, 0.25) is 5.91 Å². The molecule has 2 rings (SSSR count). The molecule has 2 aliphatic heterocycles. The highest BCUT2D eigenvalue weighted by Gasteiger charge is 2.32. The molecule has 5 heteroatoms. The summed E-state index contributed by atoms with van der Waals surface area (Å²) in [5.74, 6) is -0.251. The van der Waals surface area contributed by atoms with Gasteiger partial charge in [0.25, 0.3) is 0 Å². The zero-order valence-electron chi connectivity index (χ0n) is 10.9. The van der Waals surface area contributed by atoms with Crippen LogP contribution < -0.4 is 0 Å². The Morgan fingerprint density at radius 1 is 1.33 bits per heavy atom. The minimum absolute atomic E-state index is 0.0726. The molecule has 18 heavy (non-hydrogen) atoms. The Balaban J connectivity index is 1.78. The van der Waals surface area contributed by atoms with Crippen molar-refractivity contribution in [1.82, 2.24) is 4.90 Å². The number of ether oxygens (including phenoxy) is 2. The van der Waals surface area contributed by atoms with Crippen LogP contribution >= 0.6 is 0 Å². The van der Waals surface area contributed by atoms with Gasteiger partial charge in [0.15, 0.2) is 0 Å². The van der Waals surface area contributed by atoms with Crippen LogP contribution in [-0.2, 0) is 19.1 Å². The predicted octanol–water partition coefficient (Wildman–Crippen LogP) is 0.967. The van der Waals surface area contributed by atoms with E-state index in [0.717, 1.165) is 25.9 Å². The average Bonchev–Trinajstić information content (AvgIpc) is 2.88. The first-order valence-electron chi connectivity index (χ1n) is 6.68. The molecule has 0 N–H and O–H groups in total. The Kier molecular flexibility index (Phi) is 4.58. The first-order chi connectivity index (χ1) is 8.70.